The van der Waals surface area contributed by atoms with Gasteiger partial charge in [-0.2, -0.15) is 0 Å². The van der Waals surface area contributed by atoms with Crippen LogP contribution in [0, 0.1) is 18.6 Å². The van der Waals surface area contributed by atoms with Gasteiger partial charge < -0.3 is 10.3 Å². The van der Waals surface area contributed by atoms with Gasteiger partial charge in [-0.15, -0.1) is 0 Å². The lowest BCUT2D eigenvalue weighted by molar-refractivity contribution is 0.567. The van der Waals surface area contributed by atoms with Crippen molar-refractivity contribution in [3.05, 3.63) is 59.3 Å². The Morgan fingerprint density at radius 2 is 1.68 bits per heavy atom. The van der Waals surface area contributed by atoms with Crippen LogP contribution < -0.4 is 5.73 Å². The van der Waals surface area contributed by atoms with E-state index in [1.807, 2.05) is 18.5 Å². The zero-order valence-electron chi connectivity index (χ0n) is 13.9. The fourth-order valence-corrected chi connectivity index (χ4v) is 4.40. The minimum Gasteiger partial charge on any atom is -0.348 e. The van der Waals surface area contributed by atoms with Gasteiger partial charge in [0.2, 0.25) is 9.84 Å². The molecule has 7 heteroatoms. The molecule has 2 N–H and O–H groups in total. The number of nitrogens with zero attached hydrogens (tertiary/aromatic N) is 1. The summed E-state index contributed by atoms with van der Waals surface area (Å²) in [6.07, 6.45) is 0.612. The van der Waals surface area contributed by atoms with E-state index in [4.69, 9.17) is 5.73 Å². The molecule has 1 aromatic heterocycles. The Morgan fingerprint density at radius 3 is 2.28 bits per heavy atom. The summed E-state index contributed by atoms with van der Waals surface area (Å²) >= 11 is 0. The number of nitrogens with two attached hydrogens (primary N) is 1. The lowest BCUT2D eigenvalue weighted by atomic mass is 10.1. The van der Waals surface area contributed by atoms with Crippen LogP contribution in [0.3, 0.4) is 0 Å². The summed E-state index contributed by atoms with van der Waals surface area (Å²) < 4.78 is 54.4. The van der Waals surface area contributed by atoms with Crippen LogP contribution in [-0.2, 0) is 23.3 Å². The van der Waals surface area contributed by atoms with Gasteiger partial charge in [0.05, 0.1) is 9.79 Å². The molecule has 0 atom stereocenters. The number of aromatic nitrogens is 1. The van der Waals surface area contributed by atoms with Crippen LogP contribution in [0.25, 0.3) is 10.9 Å². The fourth-order valence-electron chi connectivity index (χ4n) is 3.07. The predicted octanol–water partition coefficient (Wildman–Crippen LogP) is 3.10. The molecule has 0 unspecified atom stereocenters. The molecule has 0 amide bonds. The maximum absolute atomic E-state index is 13.4. The van der Waals surface area contributed by atoms with Crippen LogP contribution in [0.4, 0.5) is 8.78 Å². The van der Waals surface area contributed by atoms with Crippen molar-refractivity contribution in [3.63, 3.8) is 0 Å². The molecule has 3 rings (SSSR count). The Balaban J connectivity index is 2.23. The molecule has 0 aliphatic rings. The summed E-state index contributed by atoms with van der Waals surface area (Å²) in [5.74, 6) is -1.86. The standard InChI is InChI=1S/C18H18F2N2O2S/c1-11-16(5-6-21)17-10-14(3-4-18(17)22(11)2)25(23,24)15-8-12(19)7-13(20)9-15/h3-4,7-10H,5-6,21H2,1-2H3/i19+0,20+0. The largest absolute Gasteiger partial charge is 0.348 e. The van der Waals surface area contributed by atoms with Gasteiger partial charge in [-0.25, -0.2) is 17.2 Å². The molecule has 0 radical (unpaired) electrons. The summed E-state index contributed by atoms with van der Waals surface area (Å²) in [5.41, 5.74) is 8.53. The van der Waals surface area contributed by atoms with E-state index in [1.165, 1.54) is 6.07 Å². The van der Waals surface area contributed by atoms with Gasteiger partial charge in [0.25, 0.3) is 0 Å². The second-order valence-electron chi connectivity index (χ2n) is 5.95. The molecule has 2 aromatic carbocycles. The SMILES string of the molecule is Cc1c(CCN)c2cc(S(=O)(=O)c3cc([19F])cc([19F])c3)ccc2n1C. The van der Waals surface area contributed by atoms with E-state index in [-0.39, 0.29) is 4.90 Å². The first-order valence-corrected chi connectivity index (χ1v) is 9.23. The maximum Gasteiger partial charge on any atom is 0.206 e. The normalized spacial score (nSPS) is 12.0. The highest BCUT2D eigenvalue weighted by Crippen LogP contribution is 2.30. The number of aryl methyl sites for hydroxylation is 1. The average molecular weight is 364 g/mol. The van der Waals surface area contributed by atoms with Gasteiger partial charge >= 0.3 is 0 Å². The van der Waals surface area contributed by atoms with Gasteiger partial charge in [0.1, 0.15) is 11.6 Å². The highest BCUT2D eigenvalue weighted by molar-refractivity contribution is 7.91. The molecule has 0 spiro atoms. The van der Waals surface area contributed by atoms with Crippen LogP contribution in [0.15, 0.2) is 46.2 Å². The van der Waals surface area contributed by atoms with Crippen molar-refractivity contribution in [1.82, 2.24) is 4.57 Å². The Kier molecular flexibility index (Phi) is 4.38. The second-order valence-corrected chi connectivity index (χ2v) is 7.90. The van der Waals surface area contributed by atoms with Gasteiger partial charge in [-0.1, -0.05) is 0 Å². The molecule has 1 heterocycles. The number of hydrogen-bond acceptors (Lipinski definition) is 3. The third-order valence-electron chi connectivity index (χ3n) is 4.45. The number of fused-ring (bicyclic) bond motifs is 1. The molecule has 132 valence electrons. The number of benzene rings is 2. The summed E-state index contributed by atoms with van der Waals surface area (Å²) in [6.45, 7) is 2.38. The quantitative estimate of drug-likeness (QED) is 0.774. The zero-order chi connectivity index (χ0) is 18.4. The number of hydrogen-bond donors (Lipinski definition) is 1. The fraction of sp³-hybridized carbons (Fsp3) is 0.222. The van der Waals surface area contributed by atoms with Gasteiger partial charge in [-0.05, 0) is 55.8 Å². The predicted molar refractivity (Wildman–Crippen MR) is 92.2 cm³/mol. The summed E-state index contributed by atoms with van der Waals surface area (Å²) in [5, 5.41) is 0.781. The van der Waals surface area contributed by atoms with E-state index in [0.717, 1.165) is 34.3 Å². The number of sulfone groups is 1. The molecule has 0 fully saturated rings. The van der Waals surface area contributed by atoms with Crippen molar-refractivity contribution >= 4 is 20.7 Å². The van der Waals surface area contributed by atoms with Crippen molar-refractivity contribution < 1.29 is 17.2 Å². The van der Waals surface area contributed by atoms with E-state index in [9.17, 15) is 17.2 Å². The Bertz CT molecular complexity index is 1050. The van der Waals surface area contributed by atoms with Crippen LogP contribution >= 0.6 is 0 Å². The topological polar surface area (TPSA) is 65.1 Å². The Labute approximate surface area is 144 Å². The first-order valence-electron chi connectivity index (χ1n) is 7.75. The highest BCUT2D eigenvalue weighted by Gasteiger charge is 2.22. The van der Waals surface area contributed by atoms with Crippen molar-refractivity contribution in [1.29, 1.82) is 0 Å². The van der Waals surface area contributed by atoms with Crippen molar-refractivity contribution in [2.45, 2.75) is 23.1 Å². The van der Waals surface area contributed by atoms with Crippen LogP contribution in [0.2, 0.25) is 0 Å². The van der Waals surface area contributed by atoms with Crippen molar-refractivity contribution in [2.75, 3.05) is 6.54 Å². The molecule has 0 aliphatic carbocycles. The summed E-state index contributed by atoms with van der Waals surface area (Å²) in [4.78, 5) is -0.411. The van der Waals surface area contributed by atoms with Crippen LogP contribution in [0.5, 0.6) is 0 Å². The van der Waals surface area contributed by atoms with Crippen LogP contribution in [-0.4, -0.2) is 19.5 Å². The monoisotopic (exact) mass is 364 g/mol. The van der Waals surface area contributed by atoms with Crippen molar-refractivity contribution in [3.8, 4) is 0 Å². The van der Waals surface area contributed by atoms with E-state index in [2.05, 4.69) is 0 Å². The first-order chi connectivity index (χ1) is 11.8. The van der Waals surface area contributed by atoms with Crippen molar-refractivity contribution in [2.24, 2.45) is 12.8 Å². The van der Waals surface area contributed by atoms with Gasteiger partial charge in [0, 0.05) is 29.7 Å². The molecule has 0 saturated heterocycles. The minimum atomic E-state index is -4.03. The Hall–Kier alpha value is -2.25. The van der Waals surface area contributed by atoms with E-state index >= 15 is 0 Å². The molecule has 0 aliphatic heterocycles. The second kappa shape index (κ2) is 6.24. The average Bonchev–Trinajstić information content (AvgIpc) is 2.79. The minimum absolute atomic E-state index is 0.00567. The lowest BCUT2D eigenvalue weighted by Gasteiger charge is -2.07. The molecular formula is C18H18F2N2O2S. The highest BCUT2D eigenvalue weighted by atomic mass is 32.2. The first kappa shape index (κ1) is 17.6. The molecule has 0 saturated carbocycles. The summed E-state index contributed by atoms with van der Waals surface area (Å²) in [7, 11) is -2.13. The maximum atomic E-state index is 13.4. The van der Waals surface area contributed by atoms with E-state index in [0.29, 0.717) is 19.0 Å². The van der Waals surface area contributed by atoms with Gasteiger partial charge in [-0.3, -0.25) is 0 Å². The third-order valence-corrected chi connectivity index (χ3v) is 6.18. The molecule has 25 heavy (non-hydrogen) atoms. The smallest absolute Gasteiger partial charge is 0.206 e. The lowest BCUT2D eigenvalue weighted by Crippen LogP contribution is -2.05. The molecule has 4 nitrogen and oxygen atoms in total. The van der Waals surface area contributed by atoms with E-state index in [1.54, 1.807) is 12.1 Å². The van der Waals surface area contributed by atoms with Gasteiger partial charge in [0.15, 0.2) is 0 Å². The number of halogens is 2. The Morgan fingerprint density at radius 1 is 1.04 bits per heavy atom. The zero-order valence-corrected chi connectivity index (χ0v) is 14.7. The molecule has 0 bridgehead atoms. The molecule has 3 aromatic rings. The molecular weight excluding hydrogens is 346 g/mol. The summed E-state index contributed by atoms with van der Waals surface area (Å²) in [6, 6.07) is 6.98. The third kappa shape index (κ3) is 2.94. The number of rotatable bonds is 4. The van der Waals surface area contributed by atoms with E-state index < -0.39 is 26.4 Å². The van der Waals surface area contributed by atoms with Crippen LogP contribution in [0.1, 0.15) is 11.3 Å².